The fourth-order valence-electron chi connectivity index (χ4n) is 5.37. The van der Waals surface area contributed by atoms with Crippen LogP contribution in [0.25, 0.3) is 16.8 Å². The average Bonchev–Trinajstić information content (AvgIpc) is 3.33. The predicted molar refractivity (Wildman–Crippen MR) is 176 cm³/mol. The van der Waals surface area contributed by atoms with Crippen molar-refractivity contribution >= 4 is 50.1 Å². The molecule has 0 spiro atoms. The molecule has 6 rings (SSSR count). The quantitative estimate of drug-likeness (QED) is 0.181. The monoisotopic (exact) mass is 668 g/mol. The maximum Gasteiger partial charge on any atom is 0.338 e. The van der Waals surface area contributed by atoms with E-state index in [-0.39, 0.29) is 12.2 Å². The minimum Gasteiger partial charge on any atom is -0.493 e. The van der Waals surface area contributed by atoms with Crippen LogP contribution >= 0.6 is 27.3 Å². The van der Waals surface area contributed by atoms with E-state index in [9.17, 15) is 9.59 Å². The Morgan fingerprint density at radius 2 is 1.80 bits per heavy atom. The Morgan fingerprint density at radius 1 is 1.02 bits per heavy atom. The van der Waals surface area contributed by atoms with E-state index in [4.69, 9.17) is 14.2 Å². The highest BCUT2D eigenvalue weighted by Gasteiger charge is 2.33. The van der Waals surface area contributed by atoms with E-state index in [0.29, 0.717) is 38.7 Å². The second-order valence-corrected chi connectivity index (χ2v) is 12.1. The number of allylic oxidation sites excluding steroid dienone is 1. The number of hydrogen-bond donors (Lipinski definition) is 0. The van der Waals surface area contributed by atoms with Gasteiger partial charge in [0.05, 0.1) is 35.6 Å². The van der Waals surface area contributed by atoms with Crippen molar-refractivity contribution in [1.82, 2.24) is 4.57 Å². The van der Waals surface area contributed by atoms with Crippen LogP contribution in [0.4, 0.5) is 0 Å². The number of carbonyl (C=O) groups is 1. The highest BCUT2D eigenvalue weighted by atomic mass is 79.9. The van der Waals surface area contributed by atoms with Gasteiger partial charge in [-0.25, -0.2) is 9.79 Å². The summed E-state index contributed by atoms with van der Waals surface area (Å²) < 4.78 is 20.2. The van der Waals surface area contributed by atoms with Crippen LogP contribution < -0.4 is 24.4 Å². The number of hydrogen-bond acceptors (Lipinski definition) is 7. The van der Waals surface area contributed by atoms with Crippen LogP contribution in [0.2, 0.25) is 0 Å². The number of benzene rings is 4. The maximum atomic E-state index is 13.9. The molecule has 0 unspecified atom stereocenters. The molecule has 222 valence electrons. The van der Waals surface area contributed by atoms with Crippen LogP contribution in [-0.4, -0.2) is 24.3 Å². The first kappa shape index (κ1) is 29.6. The molecule has 0 N–H and O–H groups in total. The topological polar surface area (TPSA) is 79.1 Å². The van der Waals surface area contributed by atoms with E-state index in [1.165, 1.54) is 11.3 Å². The van der Waals surface area contributed by atoms with Crippen molar-refractivity contribution in [3.05, 3.63) is 137 Å². The molecule has 0 radical (unpaired) electrons. The Labute approximate surface area is 266 Å². The molecule has 1 aliphatic rings. The Balaban J connectivity index is 1.36. The maximum absolute atomic E-state index is 13.9. The van der Waals surface area contributed by atoms with Crippen molar-refractivity contribution < 1.29 is 19.0 Å². The summed E-state index contributed by atoms with van der Waals surface area (Å²) in [6.07, 6.45) is 1.81. The zero-order valence-electron chi connectivity index (χ0n) is 24.4. The van der Waals surface area contributed by atoms with Gasteiger partial charge in [-0.1, -0.05) is 87.9 Å². The van der Waals surface area contributed by atoms with Crippen LogP contribution in [-0.2, 0) is 16.1 Å². The lowest BCUT2D eigenvalue weighted by atomic mass is 9.96. The van der Waals surface area contributed by atoms with Crippen LogP contribution in [0.15, 0.2) is 110 Å². The number of aromatic nitrogens is 1. The van der Waals surface area contributed by atoms with E-state index in [2.05, 4.69) is 45.2 Å². The first-order chi connectivity index (χ1) is 21.4. The van der Waals surface area contributed by atoms with Crippen molar-refractivity contribution in [3.63, 3.8) is 0 Å². The molecule has 1 aromatic heterocycles. The second kappa shape index (κ2) is 12.6. The summed E-state index contributed by atoms with van der Waals surface area (Å²) in [7, 11) is 1.59. The average molecular weight is 670 g/mol. The first-order valence-electron chi connectivity index (χ1n) is 14.1. The standard InChI is InChI=1S/C35H29BrN2O5S/c1-4-42-34(40)31-21(2)37-35-38(32(31)24-13-15-26(36)16-14-24)33(39)30(44-35)19-22-12-17-28(29(18-22)41-3)43-20-25-10-7-9-23-8-5-6-11-27(23)25/h5-19,32H,4,20H2,1-3H3/b30-19-/t32-/m1/s1. The van der Waals surface area contributed by atoms with E-state index in [1.807, 2.05) is 66.7 Å². The molecule has 9 heteroatoms. The van der Waals surface area contributed by atoms with Crippen LogP contribution in [0, 0.1) is 0 Å². The smallest absolute Gasteiger partial charge is 0.338 e. The molecular formula is C35H29BrN2O5S. The lowest BCUT2D eigenvalue weighted by Crippen LogP contribution is -2.39. The molecule has 44 heavy (non-hydrogen) atoms. The van der Waals surface area contributed by atoms with Gasteiger partial charge in [-0.05, 0) is 71.7 Å². The number of fused-ring (bicyclic) bond motifs is 2. The molecule has 0 saturated carbocycles. The zero-order chi connectivity index (χ0) is 30.8. The summed E-state index contributed by atoms with van der Waals surface area (Å²) in [5, 5.41) is 2.30. The SMILES string of the molecule is CCOC(=O)C1=C(C)N=c2s/c(=C\c3ccc(OCc4cccc5ccccc45)c(OC)c3)c(=O)n2[C@@H]1c1ccc(Br)cc1. The van der Waals surface area contributed by atoms with Gasteiger partial charge in [-0.3, -0.25) is 9.36 Å². The van der Waals surface area contributed by atoms with Crippen LogP contribution in [0.1, 0.15) is 36.6 Å². The predicted octanol–water partition coefficient (Wildman–Crippen LogP) is 6.30. The molecular weight excluding hydrogens is 640 g/mol. The van der Waals surface area contributed by atoms with Crippen molar-refractivity contribution in [1.29, 1.82) is 0 Å². The van der Waals surface area contributed by atoms with Gasteiger partial charge in [0.15, 0.2) is 16.3 Å². The minimum atomic E-state index is -0.667. The van der Waals surface area contributed by atoms with E-state index in [0.717, 1.165) is 31.9 Å². The molecule has 7 nitrogen and oxygen atoms in total. The number of esters is 1. The second-order valence-electron chi connectivity index (χ2n) is 10.2. The summed E-state index contributed by atoms with van der Waals surface area (Å²) >= 11 is 4.75. The molecule has 2 heterocycles. The van der Waals surface area contributed by atoms with Gasteiger partial charge in [-0.15, -0.1) is 0 Å². The van der Waals surface area contributed by atoms with E-state index < -0.39 is 12.0 Å². The molecule has 4 aromatic carbocycles. The number of carbonyl (C=O) groups excluding carboxylic acids is 1. The van der Waals surface area contributed by atoms with Crippen LogP contribution in [0.3, 0.4) is 0 Å². The minimum absolute atomic E-state index is 0.219. The van der Waals surface area contributed by atoms with Gasteiger partial charge in [0.1, 0.15) is 6.61 Å². The number of rotatable bonds is 8. The highest BCUT2D eigenvalue weighted by molar-refractivity contribution is 9.10. The molecule has 1 atom stereocenters. The molecule has 5 aromatic rings. The molecule has 0 bridgehead atoms. The van der Waals surface area contributed by atoms with E-state index >= 15 is 0 Å². The van der Waals surface area contributed by atoms with Gasteiger partial charge in [0.2, 0.25) is 0 Å². The first-order valence-corrected chi connectivity index (χ1v) is 15.7. The van der Waals surface area contributed by atoms with Gasteiger partial charge < -0.3 is 14.2 Å². The zero-order valence-corrected chi connectivity index (χ0v) is 26.8. The molecule has 0 saturated heterocycles. The van der Waals surface area contributed by atoms with Gasteiger partial charge in [0.25, 0.3) is 5.56 Å². The number of nitrogens with zero attached hydrogens (tertiary/aromatic N) is 2. The number of halogens is 1. The third-order valence-electron chi connectivity index (χ3n) is 7.45. The van der Waals surface area contributed by atoms with Gasteiger partial charge in [-0.2, -0.15) is 0 Å². The Kier molecular flexibility index (Phi) is 8.50. The lowest BCUT2D eigenvalue weighted by molar-refractivity contribution is -0.139. The summed E-state index contributed by atoms with van der Waals surface area (Å²) in [6.45, 7) is 4.13. The van der Waals surface area contributed by atoms with Crippen molar-refractivity contribution in [2.24, 2.45) is 4.99 Å². The van der Waals surface area contributed by atoms with Crippen molar-refractivity contribution in [2.45, 2.75) is 26.5 Å². The summed E-state index contributed by atoms with van der Waals surface area (Å²) in [4.78, 5) is 32.2. The van der Waals surface area contributed by atoms with Gasteiger partial charge >= 0.3 is 5.97 Å². The molecule has 1 aliphatic heterocycles. The number of ether oxygens (including phenoxy) is 3. The largest absolute Gasteiger partial charge is 0.493 e. The lowest BCUT2D eigenvalue weighted by Gasteiger charge is -2.24. The van der Waals surface area contributed by atoms with Crippen LogP contribution in [0.5, 0.6) is 11.5 Å². The fourth-order valence-corrected chi connectivity index (χ4v) is 6.68. The van der Waals surface area contributed by atoms with Crippen molar-refractivity contribution in [2.75, 3.05) is 13.7 Å². The molecule has 0 aliphatic carbocycles. The molecule has 0 fully saturated rings. The Morgan fingerprint density at radius 3 is 2.57 bits per heavy atom. The number of thiazole rings is 1. The highest BCUT2D eigenvalue weighted by Crippen LogP contribution is 2.32. The summed E-state index contributed by atoms with van der Waals surface area (Å²) in [5.41, 5.74) is 3.26. The summed E-state index contributed by atoms with van der Waals surface area (Å²) in [5.74, 6) is 0.670. The van der Waals surface area contributed by atoms with E-state index in [1.54, 1.807) is 25.5 Å². The third kappa shape index (κ3) is 5.73. The normalized spacial score (nSPS) is 14.7. The number of methoxy groups -OCH3 is 1. The molecule has 0 amide bonds. The summed E-state index contributed by atoms with van der Waals surface area (Å²) in [6, 6.07) is 26.9. The Bertz CT molecular complexity index is 2090. The van der Waals surface area contributed by atoms with Gasteiger partial charge in [0, 0.05) is 4.47 Å². The van der Waals surface area contributed by atoms with Crippen molar-refractivity contribution in [3.8, 4) is 11.5 Å². The Hall–Kier alpha value is -4.47. The third-order valence-corrected chi connectivity index (χ3v) is 8.96. The fraction of sp³-hybridized carbons (Fsp3) is 0.171.